The minimum atomic E-state index is -0.364. The van der Waals surface area contributed by atoms with E-state index in [0.29, 0.717) is 23.4 Å². The molecule has 2 aromatic carbocycles. The molecule has 2 aromatic rings. The lowest BCUT2D eigenvalue weighted by atomic mass is 9.98. The quantitative estimate of drug-likeness (QED) is 0.853. The van der Waals surface area contributed by atoms with Crippen LogP contribution in [0.15, 0.2) is 42.5 Å². The van der Waals surface area contributed by atoms with Crippen LogP contribution in [-0.2, 0) is 13.0 Å². The van der Waals surface area contributed by atoms with E-state index < -0.39 is 0 Å². The molecule has 0 bridgehead atoms. The molecule has 1 aliphatic rings. The Labute approximate surface area is 116 Å². The highest BCUT2D eigenvalue weighted by atomic mass is 19.1. The number of nitrogens with two attached hydrogens (primary N) is 1. The number of carbonyl (C=O) groups is 1. The molecule has 1 heterocycles. The number of amides is 1. The number of fused-ring (bicyclic) bond motifs is 1. The summed E-state index contributed by atoms with van der Waals surface area (Å²) in [5, 5.41) is 0. The van der Waals surface area contributed by atoms with Gasteiger partial charge in [-0.1, -0.05) is 24.3 Å². The molecule has 0 radical (unpaired) electrons. The zero-order valence-corrected chi connectivity index (χ0v) is 11.0. The van der Waals surface area contributed by atoms with Crippen LogP contribution in [0.4, 0.5) is 10.1 Å². The van der Waals surface area contributed by atoms with Crippen molar-refractivity contribution in [2.24, 2.45) is 0 Å². The van der Waals surface area contributed by atoms with Crippen LogP contribution in [0.25, 0.3) is 0 Å². The summed E-state index contributed by atoms with van der Waals surface area (Å²) in [6, 6.07) is 12.1. The van der Waals surface area contributed by atoms with Crippen LogP contribution in [-0.4, -0.2) is 17.4 Å². The van der Waals surface area contributed by atoms with Crippen molar-refractivity contribution in [1.29, 1.82) is 0 Å². The van der Waals surface area contributed by atoms with E-state index in [2.05, 4.69) is 0 Å². The van der Waals surface area contributed by atoms with Gasteiger partial charge in [-0.15, -0.1) is 0 Å². The van der Waals surface area contributed by atoms with E-state index >= 15 is 0 Å². The molecule has 1 amide bonds. The second-order valence-electron chi connectivity index (χ2n) is 4.94. The molecule has 0 saturated heterocycles. The standard InChI is InChI=1S/C16H15FN2O/c17-14-6-3-7-15(18)13(14)10-19-9-8-11-4-1-2-5-12(11)16(19)20/h1-7H,8-10,18H2. The van der Waals surface area contributed by atoms with Crippen molar-refractivity contribution in [3.8, 4) is 0 Å². The number of nitrogens with zero attached hydrogens (tertiary/aromatic N) is 1. The molecule has 1 aliphatic heterocycles. The van der Waals surface area contributed by atoms with E-state index in [1.807, 2.05) is 24.3 Å². The molecule has 0 aliphatic carbocycles. The van der Waals surface area contributed by atoms with Gasteiger partial charge in [-0.2, -0.15) is 0 Å². The molecule has 0 spiro atoms. The molecule has 0 fully saturated rings. The Balaban J connectivity index is 1.89. The zero-order chi connectivity index (χ0) is 14.1. The van der Waals surface area contributed by atoms with Gasteiger partial charge in [-0.25, -0.2) is 4.39 Å². The number of benzene rings is 2. The molecule has 4 heteroatoms. The van der Waals surface area contributed by atoms with E-state index in [4.69, 9.17) is 5.73 Å². The SMILES string of the molecule is Nc1cccc(F)c1CN1CCc2ccccc2C1=O. The van der Waals surface area contributed by atoms with Crippen LogP contribution in [0.1, 0.15) is 21.5 Å². The van der Waals surface area contributed by atoms with E-state index in [-0.39, 0.29) is 18.3 Å². The summed E-state index contributed by atoms with van der Waals surface area (Å²) in [6.45, 7) is 0.801. The molecule has 0 saturated carbocycles. The van der Waals surface area contributed by atoms with Gasteiger partial charge >= 0.3 is 0 Å². The molecule has 3 rings (SSSR count). The largest absolute Gasteiger partial charge is 0.398 e. The van der Waals surface area contributed by atoms with Crippen molar-refractivity contribution >= 4 is 11.6 Å². The lowest BCUT2D eigenvalue weighted by Crippen LogP contribution is -2.37. The molecule has 20 heavy (non-hydrogen) atoms. The van der Waals surface area contributed by atoms with Gasteiger partial charge < -0.3 is 10.6 Å². The Morgan fingerprint density at radius 1 is 1.15 bits per heavy atom. The van der Waals surface area contributed by atoms with Crippen LogP contribution in [0, 0.1) is 5.82 Å². The Kier molecular flexibility index (Phi) is 3.14. The number of nitrogen functional groups attached to an aromatic ring is 1. The summed E-state index contributed by atoms with van der Waals surface area (Å²) in [6.07, 6.45) is 0.788. The van der Waals surface area contributed by atoms with E-state index in [1.54, 1.807) is 17.0 Å². The summed E-state index contributed by atoms with van der Waals surface area (Å²) >= 11 is 0. The number of rotatable bonds is 2. The average Bonchev–Trinajstić information content (AvgIpc) is 2.45. The first kappa shape index (κ1) is 12.7. The fraction of sp³-hybridized carbons (Fsp3) is 0.188. The normalized spacial score (nSPS) is 14.2. The second-order valence-corrected chi connectivity index (χ2v) is 4.94. The van der Waals surface area contributed by atoms with Crippen molar-refractivity contribution in [3.63, 3.8) is 0 Å². The minimum absolute atomic E-state index is 0.0606. The maximum atomic E-state index is 13.8. The van der Waals surface area contributed by atoms with Crippen LogP contribution in [0.5, 0.6) is 0 Å². The monoisotopic (exact) mass is 270 g/mol. The third-order valence-electron chi connectivity index (χ3n) is 3.69. The molecular formula is C16H15FN2O. The van der Waals surface area contributed by atoms with E-state index in [1.165, 1.54) is 6.07 Å². The van der Waals surface area contributed by atoms with Gasteiger partial charge in [0.25, 0.3) is 5.91 Å². The van der Waals surface area contributed by atoms with Crippen molar-refractivity contribution in [2.75, 3.05) is 12.3 Å². The molecular weight excluding hydrogens is 255 g/mol. The topological polar surface area (TPSA) is 46.3 Å². The highest BCUT2D eigenvalue weighted by molar-refractivity contribution is 5.96. The Hall–Kier alpha value is -2.36. The molecule has 0 aromatic heterocycles. The third kappa shape index (κ3) is 2.13. The molecule has 2 N–H and O–H groups in total. The Morgan fingerprint density at radius 3 is 2.75 bits per heavy atom. The molecule has 102 valence electrons. The van der Waals surface area contributed by atoms with Gasteiger partial charge in [0.2, 0.25) is 0 Å². The zero-order valence-electron chi connectivity index (χ0n) is 11.0. The first-order valence-corrected chi connectivity index (χ1v) is 6.57. The predicted octanol–water partition coefficient (Wildman–Crippen LogP) is 2.61. The lowest BCUT2D eigenvalue weighted by Gasteiger charge is -2.29. The van der Waals surface area contributed by atoms with Gasteiger partial charge in [-0.3, -0.25) is 4.79 Å². The van der Waals surface area contributed by atoms with Crippen molar-refractivity contribution < 1.29 is 9.18 Å². The van der Waals surface area contributed by atoms with Crippen molar-refractivity contribution in [2.45, 2.75) is 13.0 Å². The summed E-state index contributed by atoms with van der Waals surface area (Å²) in [4.78, 5) is 14.1. The average molecular weight is 270 g/mol. The van der Waals surface area contributed by atoms with Crippen molar-refractivity contribution in [3.05, 3.63) is 65.0 Å². The van der Waals surface area contributed by atoms with Gasteiger partial charge in [0.15, 0.2) is 0 Å². The number of halogens is 1. The molecule has 0 unspecified atom stereocenters. The van der Waals surface area contributed by atoms with Gasteiger partial charge in [0.1, 0.15) is 5.82 Å². The fourth-order valence-electron chi connectivity index (χ4n) is 2.56. The van der Waals surface area contributed by atoms with E-state index in [9.17, 15) is 9.18 Å². The second kappa shape index (κ2) is 4.96. The third-order valence-corrected chi connectivity index (χ3v) is 3.69. The smallest absolute Gasteiger partial charge is 0.254 e. The maximum absolute atomic E-state index is 13.8. The van der Waals surface area contributed by atoms with Gasteiger partial charge in [0, 0.05) is 23.4 Å². The van der Waals surface area contributed by atoms with E-state index in [0.717, 1.165) is 12.0 Å². The first-order valence-electron chi connectivity index (χ1n) is 6.57. The number of anilines is 1. The molecule has 3 nitrogen and oxygen atoms in total. The molecule has 0 atom stereocenters. The van der Waals surface area contributed by atoms with Crippen LogP contribution in [0.3, 0.4) is 0 Å². The predicted molar refractivity (Wildman–Crippen MR) is 75.7 cm³/mol. The van der Waals surface area contributed by atoms with Gasteiger partial charge in [0.05, 0.1) is 6.54 Å². The Bertz CT molecular complexity index is 649. The number of hydrogen-bond donors (Lipinski definition) is 1. The fourth-order valence-corrected chi connectivity index (χ4v) is 2.56. The van der Waals surface area contributed by atoms with Crippen LogP contribution < -0.4 is 5.73 Å². The highest BCUT2D eigenvalue weighted by Crippen LogP contribution is 2.23. The van der Waals surface area contributed by atoms with Gasteiger partial charge in [-0.05, 0) is 30.2 Å². The first-order chi connectivity index (χ1) is 9.66. The minimum Gasteiger partial charge on any atom is -0.398 e. The Morgan fingerprint density at radius 2 is 1.95 bits per heavy atom. The number of hydrogen-bond acceptors (Lipinski definition) is 2. The summed E-state index contributed by atoms with van der Waals surface area (Å²) in [5.41, 5.74) is 8.33. The number of carbonyl (C=O) groups excluding carboxylic acids is 1. The van der Waals surface area contributed by atoms with Crippen LogP contribution in [0.2, 0.25) is 0 Å². The maximum Gasteiger partial charge on any atom is 0.254 e. The summed E-state index contributed by atoms with van der Waals surface area (Å²) in [7, 11) is 0. The van der Waals surface area contributed by atoms with Crippen molar-refractivity contribution in [1.82, 2.24) is 4.90 Å². The summed E-state index contributed by atoms with van der Waals surface area (Å²) in [5.74, 6) is -0.425. The summed E-state index contributed by atoms with van der Waals surface area (Å²) < 4.78 is 13.8. The lowest BCUT2D eigenvalue weighted by molar-refractivity contribution is 0.0726. The van der Waals surface area contributed by atoms with Crippen LogP contribution >= 0.6 is 0 Å². The highest BCUT2D eigenvalue weighted by Gasteiger charge is 2.25.